The quantitative estimate of drug-likeness (QED) is 0.582. The lowest BCUT2D eigenvalue weighted by atomic mass is 9.99. The molecule has 2 heterocycles. The van der Waals surface area contributed by atoms with Crippen LogP contribution in [0.5, 0.6) is 0 Å². The third-order valence-electron chi connectivity index (χ3n) is 5.37. The number of nitrogens with one attached hydrogen (secondary N) is 2. The summed E-state index contributed by atoms with van der Waals surface area (Å²) in [6.07, 6.45) is 9.70. The number of halogens is 2. The number of fused-ring (bicyclic) bond motifs is 1. The molecule has 1 aliphatic carbocycles. The third kappa shape index (κ3) is 5.09. The topological polar surface area (TPSA) is 77.4 Å². The highest BCUT2D eigenvalue weighted by molar-refractivity contribution is 8.02. The van der Waals surface area contributed by atoms with Crippen molar-refractivity contribution >= 4 is 21.3 Å². The van der Waals surface area contributed by atoms with E-state index >= 15 is 0 Å². The second-order valence-electron chi connectivity index (χ2n) is 9.19. The van der Waals surface area contributed by atoms with Crippen LogP contribution >= 0.6 is 0 Å². The number of alkyl halides is 2. The van der Waals surface area contributed by atoms with Crippen LogP contribution in [0.1, 0.15) is 20.8 Å². The van der Waals surface area contributed by atoms with E-state index in [9.17, 15) is 18.3 Å². The van der Waals surface area contributed by atoms with E-state index in [4.69, 9.17) is 0 Å². The summed E-state index contributed by atoms with van der Waals surface area (Å²) < 4.78 is 46.6. The average molecular weight is 497 g/mol. The van der Waals surface area contributed by atoms with Gasteiger partial charge in [-0.25, -0.2) is 8.93 Å². The van der Waals surface area contributed by atoms with Crippen molar-refractivity contribution in [2.24, 2.45) is 0 Å². The second kappa shape index (κ2) is 9.21. The minimum absolute atomic E-state index is 0.0256. The molecule has 0 bridgehead atoms. The highest BCUT2D eigenvalue weighted by Gasteiger charge is 2.39. The van der Waals surface area contributed by atoms with Crippen LogP contribution in [0.2, 0.25) is 0 Å². The monoisotopic (exact) mass is 496 g/mol. The number of para-hydroxylation sites is 1. The molecule has 0 spiro atoms. The van der Waals surface area contributed by atoms with Gasteiger partial charge < -0.3 is 15.0 Å². The Hall–Kier alpha value is -3.61. The molecule has 6 nitrogen and oxygen atoms in total. The molecule has 0 fully saturated rings. The number of nitrogens with zero attached hydrogens (tertiary/aromatic N) is 2. The van der Waals surface area contributed by atoms with Crippen LogP contribution in [0.4, 0.5) is 14.5 Å². The van der Waals surface area contributed by atoms with Gasteiger partial charge >= 0.3 is 6.61 Å². The lowest BCUT2D eigenvalue weighted by Crippen LogP contribution is -2.41. The summed E-state index contributed by atoms with van der Waals surface area (Å²) in [7, 11) is -2.77. The molecule has 2 atom stereocenters. The number of rotatable bonds is 5. The molecule has 2 unspecified atom stereocenters. The molecule has 35 heavy (non-hydrogen) atoms. The Morgan fingerprint density at radius 1 is 1.20 bits per heavy atom. The second-order valence-corrected chi connectivity index (χ2v) is 11.2. The SMILES string of the molecule is C=S(=O)(NC(C)(C)C)C1=CNC(=C2C(C#N)=C3C=CC(OC(F)F)=CC3N2c2ccccc2)C=C1. The smallest absolute Gasteiger partial charge is 0.387 e. The predicted molar refractivity (Wildman–Crippen MR) is 135 cm³/mol. The van der Waals surface area contributed by atoms with Crippen LogP contribution in [0, 0.1) is 11.3 Å². The van der Waals surface area contributed by atoms with E-state index in [2.05, 4.69) is 26.7 Å². The average Bonchev–Trinajstić information content (AvgIpc) is 3.11. The van der Waals surface area contributed by atoms with Gasteiger partial charge in [-0.05, 0) is 68.7 Å². The third-order valence-corrected chi connectivity index (χ3v) is 7.33. The van der Waals surface area contributed by atoms with E-state index in [1.807, 2.05) is 56.0 Å². The Balaban J connectivity index is 1.79. The molecule has 0 saturated heterocycles. The molecule has 0 radical (unpaired) electrons. The maximum absolute atomic E-state index is 13.2. The molecule has 0 amide bonds. The van der Waals surface area contributed by atoms with Crippen molar-refractivity contribution in [3.63, 3.8) is 0 Å². The Morgan fingerprint density at radius 3 is 2.49 bits per heavy atom. The molecule has 0 saturated carbocycles. The molecule has 9 heteroatoms. The zero-order valence-electron chi connectivity index (χ0n) is 19.6. The molecule has 2 N–H and O–H groups in total. The van der Waals surface area contributed by atoms with Crippen molar-refractivity contribution < 1.29 is 17.7 Å². The first-order valence-electron chi connectivity index (χ1n) is 10.9. The number of dihydropyridines is 1. The van der Waals surface area contributed by atoms with Crippen LogP contribution < -0.4 is 14.9 Å². The molecule has 4 rings (SSSR count). The van der Waals surface area contributed by atoms with Gasteiger partial charge in [-0.15, -0.1) is 0 Å². The molecule has 1 aromatic rings. The fourth-order valence-electron chi connectivity index (χ4n) is 4.17. The van der Waals surface area contributed by atoms with Gasteiger partial charge in [0.25, 0.3) is 0 Å². The zero-order chi connectivity index (χ0) is 25.4. The van der Waals surface area contributed by atoms with Gasteiger partial charge in [0, 0.05) is 17.4 Å². The Labute approximate surface area is 204 Å². The summed E-state index contributed by atoms with van der Waals surface area (Å²) in [4.78, 5) is 2.38. The van der Waals surface area contributed by atoms with Crippen LogP contribution in [0.15, 0.2) is 100 Å². The van der Waals surface area contributed by atoms with E-state index in [0.717, 1.165) is 5.69 Å². The number of anilines is 1. The van der Waals surface area contributed by atoms with Gasteiger partial charge in [0.05, 0.1) is 37.6 Å². The first-order valence-corrected chi connectivity index (χ1v) is 12.6. The van der Waals surface area contributed by atoms with E-state index in [1.54, 1.807) is 30.5 Å². The normalized spacial score (nSPS) is 23.3. The Morgan fingerprint density at radius 2 is 1.91 bits per heavy atom. The molecular weight excluding hydrogens is 470 g/mol. The van der Waals surface area contributed by atoms with E-state index in [1.165, 1.54) is 6.08 Å². The fourth-order valence-corrected chi connectivity index (χ4v) is 5.81. The van der Waals surface area contributed by atoms with Crippen LogP contribution in [0.3, 0.4) is 0 Å². The summed E-state index contributed by atoms with van der Waals surface area (Å²) in [5.41, 5.74) is 2.59. The highest BCUT2D eigenvalue weighted by atomic mass is 32.2. The maximum Gasteiger partial charge on any atom is 0.387 e. The molecule has 182 valence electrons. The van der Waals surface area contributed by atoms with Crippen LogP contribution in [0.25, 0.3) is 0 Å². The number of hydrogen-bond donors (Lipinski definition) is 2. The largest absolute Gasteiger partial charge is 0.435 e. The number of ether oxygens (including phenoxy) is 1. The van der Waals surface area contributed by atoms with Crippen molar-refractivity contribution in [1.82, 2.24) is 10.0 Å². The minimum atomic E-state index is -2.96. The fraction of sp³-hybridized carbons (Fsp3) is 0.231. The molecule has 1 aromatic carbocycles. The van der Waals surface area contributed by atoms with Gasteiger partial charge in [-0.2, -0.15) is 14.0 Å². The van der Waals surface area contributed by atoms with Crippen molar-refractivity contribution in [3.05, 3.63) is 100 Å². The summed E-state index contributed by atoms with van der Waals surface area (Å²) in [6, 6.07) is 11.1. The van der Waals surface area contributed by atoms with Crippen LogP contribution in [-0.2, 0) is 14.4 Å². The summed E-state index contributed by atoms with van der Waals surface area (Å²) in [5.74, 6) is 3.89. The molecule has 0 aromatic heterocycles. The van der Waals surface area contributed by atoms with E-state index < -0.39 is 27.9 Å². The number of hydrogen-bond acceptors (Lipinski definition) is 5. The van der Waals surface area contributed by atoms with Crippen molar-refractivity contribution in [2.45, 2.75) is 39.0 Å². The maximum atomic E-state index is 13.2. The highest BCUT2D eigenvalue weighted by Crippen LogP contribution is 2.42. The van der Waals surface area contributed by atoms with Crippen molar-refractivity contribution in [2.75, 3.05) is 4.90 Å². The van der Waals surface area contributed by atoms with Crippen molar-refractivity contribution in [1.29, 1.82) is 5.26 Å². The standard InChI is InChI=1S/C26H26F2N4O2S/c1-26(2,3)31-35(4,33)19-11-13-22(30-16-19)24-21(15-29)20-12-10-18(34-25(27)28)14-23(20)32(24)17-8-6-5-7-9-17/h5-14,16,23,25,30H,4H2,1-3H3,(H,31,33). The first-order chi connectivity index (χ1) is 16.5. The lowest BCUT2D eigenvalue weighted by molar-refractivity contribution is -0.0924. The lowest BCUT2D eigenvalue weighted by Gasteiger charge is -2.31. The number of benzene rings is 1. The van der Waals surface area contributed by atoms with Crippen LogP contribution in [-0.4, -0.2) is 28.3 Å². The summed E-state index contributed by atoms with van der Waals surface area (Å²) in [6.45, 7) is 2.76. The Bertz CT molecular complexity index is 1360. The summed E-state index contributed by atoms with van der Waals surface area (Å²) >= 11 is 0. The number of allylic oxidation sites excluding steroid dienone is 4. The number of nitriles is 1. The van der Waals surface area contributed by atoms with Crippen molar-refractivity contribution in [3.8, 4) is 6.07 Å². The minimum Gasteiger partial charge on any atom is -0.435 e. The first kappa shape index (κ1) is 24.5. The molecular formula is C26H26F2N4O2S. The zero-order valence-corrected chi connectivity index (χ0v) is 20.4. The van der Waals surface area contributed by atoms with Gasteiger partial charge in [0.15, 0.2) is 0 Å². The summed E-state index contributed by atoms with van der Waals surface area (Å²) in [5, 5.41) is 13.3. The van der Waals surface area contributed by atoms with E-state index in [0.29, 0.717) is 27.4 Å². The predicted octanol–water partition coefficient (Wildman–Crippen LogP) is 4.62. The van der Waals surface area contributed by atoms with Gasteiger partial charge in [0.1, 0.15) is 11.8 Å². The van der Waals surface area contributed by atoms with Gasteiger partial charge in [0.2, 0.25) is 0 Å². The Kier molecular flexibility index (Phi) is 6.45. The molecule has 2 aliphatic heterocycles. The molecule has 3 aliphatic rings. The van der Waals surface area contributed by atoms with Gasteiger partial charge in [-0.1, -0.05) is 24.3 Å². The van der Waals surface area contributed by atoms with Gasteiger partial charge in [-0.3, -0.25) is 0 Å². The van der Waals surface area contributed by atoms with E-state index in [-0.39, 0.29) is 5.76 Å².